The fraction of sp³-hybridized carbons (Fsp3) is 0.667. The summed E-state index contributed by atoms with van der Waals surface area (Å²) in [5.74, 6) is 0. The van der Waals surface area contributed by atoms with Gasteiger partial charge in [-0.1, -0.05) is 0 Å². The lowest BCUT2D eigenvalue weighted by Crippen LogP contribution is -2.39. The van der Waals surface area contributed by atoms with E-state index in [0.29, 0.717) is 12.0 Å². The molecule has 0 spiro atoms. The molecular weight excluding hydrogens is 268 g/mol. The van der Waals surface area contributed by atoms with Gasteiger partial charge in [-0.2, -0.15) is 0 Å². The summed E-state index contributed by atoms with van der Waals surface area (Å²) in [5.41, 5.74) is -0.651. The summed E-state index contributed by atoms with van der Waals surface area (Å²) in [5, 5.41) is 19.2. The predicted molar refractivity (Wildman–Crippen MR) is 66.3 cm³/mol. The van der Waals surface area contributed by atoms with Crippen LogP contribution in [0.25, 0.3) is 0 Å². The molecule has 3 rings (SSSR count). The zero-order valence-corrected chi connectivity index (χ0v) is 10.9. The van der Waals surface area contributed by atoms with Crippen LogP contribution in [0.5, 0.6) is 0 Å². The maximum atomic E-state index is 11.9. The summed E-state index contributed by atoms with van der Waals surface area (Å²) in [6, 6.07) is 0. The topological polar surface area (TPSA) is 117 Å². The van der Waals surface area contributed by atoms with E-state index in [-0.39, 0.29) is 18.8 Å². The summed E-state index contributed by atoms with van der Waals surface area (Å²) >= 11 is 0. The van der Waals surface area contributed by atoms with Crippen molar-refractivity contribution in [1.82, 2.24) is 9.55 Å². The van der Waals surface area contributed by atoms with Gasteiger partial charge in [0.15, 0.2) is 0 Å². The van der Waals surface area contributed by atoms with E-state index in [0.717, 1.165) is 0 Å². The van der Waals surface area contributed by atoms with Gasteiger partial charge < -0.3 is 19.7 Å². The molecule has 0 radical (unpaired) electrons. The van der Waals surface area contributed by atoms with Crippen molar-refractivity contribution in [2.24, 2.45) is 0 Å². The van der Waals surface area contributed by atoms with E-state index in [2.05, 4.69) is 4.98 Å². The molecule has 2 fully saturated rings. The summed E-state index contributed by atoms with van der Waals surface area (Å²) in [7, 11) is 0. The van der Waals surface area contributed by atoms with Crippen LogP contribution in [0.3, 0.4) is 0 Å². The van der Waals surface area contributed by atoms with Crippen LogP contribution in [0.4, 0.5) is 0 Å². The molecule has 0 bridgehead atoms. The van der Waals surface area contributed by atoms with Crippen molar-refractivity contribution in [2.75, 3.05) is 6.61 Å². The molecule has 8 heteroatoms. The fourth-order valence-electron chi connectivity index (χ4n) is 2.52. The monoisotopic (exact) mass is 284 g/mol. The number of hydrogen-bond acceptors (Lipinski definition) is 6. The highest BCUT2D eigenvalue weighted by atomic mass is 16.6. The number of epoxide rings is 1. The number of H-pyrrole nitrogens is 1. The lowest BCUT2D eigenvalue weighted by atomic mass is 10.1. The minimum absolute atomic E-state index is 0.203. The standard InChI is InChI=1S/C12H16N2O6/c1-5-3-14(12(18)13-11(5)17)8-2-6-10(20-6)9(16)7(4-15)19-8/h3,6-10,15-16H,2,4H2,1H3,(H,13,17,18)/t6-,7+,8+,9+,10-/m0/s1. The number of rotatable bonds is 2. The van der Waals surface area contributed by atoms with Gasteiger partial charge in [0.05, 0.1) is 12.7 Å². The minimum Gasteiger partial charge on any atom is -0.394 e. The van der Waals surface area contributed by atoms with Gasteiger partial charge >= 0.3 is 5.69 Å². The van der Waals surface area contributed by atoms with Crippen molar-refractivity contribution >= 4 is 0 Å². The Morgan fingerprint density at radius 1 is 1.45 bits per heavy atom. The first-order valence-corrected chi connectivity index (χ1v) is 6.43. The molecule has 110 valence electrons. The first kappa shape index (κ1) is 13.5. The Hall–Kier alpha value is -1.48. The quantitative estimate of drug-likeness (QED) is 0.555. The number of fused-ring (bicyclic) bond motifs is 1. The second-order valence-corrected chi connectivity index (χ2v) is 5.16. The van der Waals surface area contributed by atoms with E-state index < -0.39 is 29.7 Å². The highest BCUT2D eigenvalue weighted by Gasteiger charge is 2.52. The number of aliphatic hydroxyl groups is 2. The first-order chi connectivity index (χ1) is 9.51. The number of ether oxygens (including phenoxy) is 2. The Bertz CT molecular complexity index is 623. The van der Waals surface area contributed by atoms with Gasteiger partial charge in [0.2, 0.25) is 0 Å². The fourth-order valence-corrected chi connectivity index (χ4v) is 2.52. The Kier molecular flexibility index (Phi) is 3.25. The van der Waals surface area contributed by atoms with Crippen molar-refractivity contribution in [3.8, 4) is 0 Å². The van der Waals surface area contributed by atoms with Crippen LogP contribution in [0.15, 0.2) is 15.8 Å². The molecule has 5 atom stereocenters. The third-order valence-corrected chi connectivity index (χ3v) is 3.74. The number of aryl methyl sites for hydroxylation is 1. The Morgan fingerprint density at radius 2 is 2.20 bits per heavy atom. The molecule has 2 aliphatic rings. The van der Waals surface area contributed by atoms with Crippen LogP contribution in [0, 0.1) is 6.92 Å². The largest absolute Gasteiger partial charge is 0.394 e. The highest BCUT2D eigenvalue weighted by molar-refractivity contribution is 5.03. The molecular formula is C12H16N2O6. The SMILES string of the molecule is Cc1cn([C@H]2C[C@@H]3O[C@@H]3[C@H](O)[C@@H](CO)O2)c(=O)[nH]c1=O. The minimum atomic E-state index is -0.922. The molecule has 3 heterocycles. The van der Waals surface area contributed by atoms with E-state index >= 15 is 0 Å². The van der Waals surface area contributed by atoms with Crippen molar-refractivity contribution in [3.05, 3.63) is 32.6 Å². The molecule has 0 saturated carbocycles. The third-order valence-electron chi connectivity index (χ3n) is 3.74. The molecule has 0 aliphatic carbocycles. The van der Waals surface area contributed by atoms with Gasteiger partial charge in [0.1, 0.15) is 24.5 Å². The Balaban J connectivity index is 1.95. The van der Waals surface area contributed by atoms with Crippen LogP contribution in [0.1, 0.15) is 18.2 Å². The molecule has 0 amide bonds. The second-order valence-electron chi connectivity index (χ2n) is 5.16. The average Bonchev–Trinajstić information content (AvgIpc) is 3.17. The van der Waals surface area contributed by atoms with Crippen molar-refractivity contribution in [1.29, 1.82) is 0 Å². The predicted octanol–water partition coefficient (Wildman–Crippen LogP) is -1.75. The maximum Gasteiger partial charge on any atom is 0.330 e. The molecule has 1 aromatic rings. The van der Waals surface area contributed by atoms with Crippen LogP contribution < -0.4 is 11.2 Å². The summed E-state index contributed by atoms with van der Waals surface area (Å²) < 4.78 is 12.2. The van der Waals surface area contributed by atoms with Crippen LogP contribution in [-0.2, 0) is 9.47 Å². The van der Waals surface area contributed by atoms with E-state index in [1.54, 1.807) is 6.92 Å². The number of nitrogens with one attached hydrogen (secondary N) is 1. The number of nitrogens with zero attached hydrogens (tertiary/aromatic N) is 1. The van der Waals surface area contributed by atoms with Crippen molar-refractivity contribution in [3.63, 3.8) is 0 Å². The van der Waals surface area contributed by atoms with Crippen LogP contribution >= 0.6 is 0 Å². The normalized spacial score (nSPS) is 36.2. The van der Waals surface area contributed by atoms with Crippen molar-refractivity contribution < 1.29 is 19.7 Å². The summed E-state index contributed by atoms with van der Waals surface area (Å²) in [6.07, 6.45) is -1.21. The zero-order valence-electron chi connectivity index (χ0n) is 10.9. The molecule has 20 heavy (non-hydrogen) atoms. The maximum absolute atomic E-state index is 11.9. The third kappa shape index (κ3) is 2.20. The van der Waals surface area contributed by atoms with Gasteiger partial charge in [-0.05, 0) is 6.92 Å². The molecule has 0 unspecified atom stereocenters. The highest BCUT2D eigenvalue weighted by Crippen LogP contribution is 2.38. The van der Waals surface area contributed by atoms with Gasteiger partial charge in [0.25, 0.3) is 5.56 Å². The van der Waals surface area contributed by atoms with E-state index in [4.69, 9.17) is 9.47 Å². The second kappa shape index (κ2) is 4.81. The molecule has 1 aromatic heterocycles. The van der Waals surface area contributed by atoms with Gasteiger partial charge in [-0.3, -0.25) is 14.3 Å². The molecule has 0 aromatic carbocycles. The number of hydrogen-bond donors (Lipinski definition) is 3. The molecule has 2 saturated heterocycles. The summed E-state index contributed by atoms with van der Waals surface area (Å²) in [6.45, 7) is 1.21. The first-order valence-electron chi connectivity index (χ1n) is 6.43. The van der Waals surface area contributed by atoms with Crippen molar-refractivity contribution in [2.45, 2.75) is 44.0 Å². The Labute approximate surface area is 113 Å². The Morgan fingerprint density at radius 3 is 2.90 bits per heavy atom. The lowest BCUT2D eigenvalue weighted by Gasteiger charge is -2.25. The number of aromatic nitrogens is 2. The zero-order chi connectivity index (χ0) is 14.4. The summed E-state index contributed by atoms with van der Waals surface area (Å²) in [4.78, 5) is 25.4. The van der Waals surface area contributed by atoms with E-state index in [1.165, 1.54) is 10.8 Å². The molecule has 3 N–H and O–H groups in total. The van der Waals surface area contributed by atoms with Crippen LogP contribution in [-0.4, -0.2) is 50.8 Å². The van der Waals surface area contributed by atoms with Gasteiger partial charge in [-0.15, -0.1) is 0 Å². The van der Waals surface area contributed by atoms with Gasteiger partial charge in [0, 0.05) is 18.2 Å². The molecule has 2 aliphatic heterocycles. The molecule has 8 nitrogen and oxygen atoms in total. The lowest BCUT2D eigenvalue weighted by molar-refractivity contribution is -0.129. The average molecular weight is 284 g/mol. The van der Waals surface area contributed by atoms with Gasteiger partial charge in [-0.25, -0.2) is 4.79 Å². The number of aromatic amines is 1. The smallest absolute Gasteiger partial charge is 0.330 e. The van der Waals surface area contributed by atoms with E-state index in [9.17, 15) is 19.8 Å². The number of aliphatic hydroxyl groups excluding tert-OH is 2. The van der Waals surface area contributed by atoms with Crippen LogP contribution in [0.2, 0.25) is 0 Å². The van der Waals surface area contributed by atoms with E-state index in [1.807, 2.05) is 0 Å².